The number of hydrogen-bond acceptors (Lipinski definition) is 7. The molecular weight excluding hydrogens is 466 g/mol. The van der Waals surface area contributed by atoms with Crippen LogP contribution in [0.5, 0.6) is 0 Å². The Bertz CT molecular complexity index is 1470. The number of nitrogens with one attached hydrogen (secondary N) is 3. The third kappa shape index (κ3) is 5.17. The first-order chi connectivity index (χ1) is 18.0. The largest absolute Gasteiger partial charge is 0.354 e. The zero-order chi connectivity index (χ0) is 25.8. The first-order valence-electron chi connectivity index (χ1n) is 12.0. The Balaban J connectivity index is 1.45. The molecule has 2 aromatic carbocycles. The Labute approximate surface area is 214 Å². The molecule has 0 aliphatic carbocycles. The zero-order valence-corrected chi connectivity index (χ0v) is 20.3. The predicted octanol–water partition coefficient (Wildman–Crippen LogP) is 3.55. The van der Waals surface area contributed by atoms with Crippen LogP contribution in [0.3, 0.4) is 0 Å². The van der Waals surface area contributed by atoms with Gasteiger partial charge in [-0.05, 0) is 35.9 Å². The third-order valence-corrected chi connectivity index (χ3v) is 6.44. The molecule has 1 aliphatic heterocycles. The standard InChI is InChI=1S/C28H27N7O2/c1-34-18-21(8-11-26(34)36)33-23-10-9-22(14-20(23)16-29)35-27(37)15-24(28(35)19-6-3-2-4-7-19)32-17-25-30-12-5-13-31-25/h2-14,16,18,24,28-29,32-33H,15,17H2,1H3/t24?,28-/m1/s1. The van der Waals surface area contributed by atoms with Crippen molar-refractivity contribution in [2.24, 2.45) is 7.05 Å². The van der Waals surface area contributed by atoms with Crippen LogP contribution in [0, 0.1) is 5.41 Å². The molecule has 5 rings (SSSR count). The van der Waals surface area contributed by atoms with E-state index in [0.29, 0.717) is 35.7 Å². The topological polar surface area (TPSA) is 116 Å². The van der Waals surface area contributed by atoms with Crippen molar-refractivity contribution in [2.75, 3.05) is 10.2 Å². The molecular formula is C28H27N7O2. The van der Waals surface area contributed by atoms with Crippen LogP contribution in [-0.2, 0) is 18.4 Å². The molecule has 9 nitrogen and oxygen atoms in total. The summed E-state index contributed by atoms with van der Waals surface area (Å²) in [6, 6.07) is 20.1. The Morgan fingerprint density at radius 2 is 1.81 bits per heavy atom. The smallest absolute Gasteiger partial charge is 0.250 e. The number of rotatable bonds is 8. The average Bonchev–Trinajstić information content (AvgIpc) is 3.26. The fraction of sp³-hybridized carbons (Fsp3) is 0.179. The molecule has 0 radical (unpaired) electrons. The molecule has 4 aromatic rings. The van der Waals surface area contributed by atoms with Gasteiger partial charge in [-0.15, -0.1) is 0 Å². The third-order valence-electron chi connectivity index (χ3n) is 6.44. The highest BCUT2D eigenvalue weighted by Crippen LogP contribution is 2.38. The van der Waals surface area contributed by atoms with Crippen LogP contribution in [0.1, 0.15) is 29.4 Å². The number of pyridine rings is 1. The van der Waals surface area contributed by atoms with Gasteiger partial charge in [-0.3, -0.25) is 9.59 Å². The number of benzene rings is 2. The quantitative estimate of drug-likeness (QED) is 0.323. The zero-order valence-electron chi connectivity index (χ0n) is 20.3. The number of nitrogens with zero attached hydrogens (tertiary/aromatic N) is 4. The summed E-state index contributed by atoms with van der Waals surface area (Å²) in [4.78, 5) is 35.5. The average molecular weight is 494 g/mol. The van der Waals surface area contributed by atoms with Gasteiger partial charge in [0.25, 0.3) is 0 Å². The Hall–Kier alpha value is -4.63. The molecule has 1 aliphatic rings. The van der Waals surface area contributed by atoms with Crippen molar-refractivity contribution in [1.82, 2.24) is 19.9 Å². The van der Waals surface area contributed by atoms with Crippen LogP contribution in [0.15, 0.2) is 90.1 Å². The summed E-state index contributed by atoms with van der Waals surface area (Å²) in [5.74, 6) is 0.662. The first kappa shape index (κ1) is 24.1. The SMILES string of the molecule is Cn1cc(Nc2ccc(N3C(=O)CC(NCc4ncccn4)[C@H]3c3ccccc3)cc2C=N)ccc1=O. The fourth-order valence-electron chi connectivity index (χ4n) is 4.65. The fourth-order valence-corrected chi connectivity index (χ4v) is 4.65. The van der Waals surface area contributed by atoms with Gasteiger partial charge in [0.15, 0.2) is 0 Å². The van der Waals surface area contributed by atoms with Gasteiger partial charge < -0.3 is 25.5 Å². The van der Waals surface area contributed by atoms with Gasteiger partial charge in [0.2, 0.25) is 11.5 Å². The van der Waals surface area contributed by atoms with E-state index >= 15 is 0 Å². The number of aromatic nitrogens is 3. The maximum atomic E-state index is 13.4. The summed E-state index contributed by atoms with van der Waals surface area (Å²) in [5.41, 5.74) is 3.68. The van der Waals surface area contributed by atoms with E-state index in [0.717, 1.165) is 11.3 Å². The summed E-state index contributed by atoms with van der Waals surface area (Å²) < 4.78 is 1.49. The molecule has 186 valence electrons. The summed E-state index contributed by atoms with van der Waals surface area (Å²) in [6.45, 7) is 0.449. The van der Waals surface area contributed by atoms with Crippen LogP contribution in [0.25, 0.3) is 0 Å². The van der Waals surface area contributed by atoms with Crippen molar-refractivity contribution in [3.05, 3.63) is 113 Å². The van der Waals surface area contributed by atoms with Crippen molar-refractivity contribution in [1.29, 1.82) is 5.41 Å². The molecule has 1 amide bonds. The molecule has 0 bridgehead atoms. The number of aryl methyl sites for hydroxylation is 1. The second-order valence-electron chi connectivity index (χ2n) is 8.88. The lowest BCUT2D eigenvalue weighted by molar-refractivity contribution is -0.117. The van der Waals surface area contributed by atoms with Crippen LogP contribution in [0.4, 0.5) is 17.1 Å². The van der Waals surface area contributed by atoms with Gasteiger partial charge in [0.05, 0.1) is 18.3 Å². The molecule has 2 atom stereocenters. The molecule has 2 aromatic heterocycles. The summed E-state index contributed by atoms with van der Waals surface area (Å²) in [6.07, 6.45) is 6.69. The van der Waals surface area contributed by atoms with Crippen LogP contribution in [-0.4, -0.2) is 32.7 Å². The Morgan fingerprint density at radius 3 is 2.54 bits per heavy atom. The van der Waals surface area contributed by atoms with Gasteiger partial charge in [0.1, 0.15) is 5.82 Å². The van der Waals surface area contributed by atoms with E-state index in [1.165, 1.54) is 16.8 Å². The number of amides is 1. The maximum absolute atomic E-state index is 13.4. The molecule has 0 spiro atoms. The van der Waals surface area contributed by atoms with Crippen molar-refractivity contribution in [3.8, 4) is 0 Å². The molecule has 1 fully saturated rings. The minimum absolute atomic E-state index is 0.00460. The van der Waals surface area contributed by atoms with Crippen LogP contribution in [0.2, 0.25) is 0 Å². The van der Waals surface area contributed by atoms with E-state index in [2.05, 4.69) is 20.6 Å². The van der Waals surface area contributed by atoms with E-state index in [1.54, 1.807) is 37.8 Å². The minimum atomic E-state index is -0.238. The molecule has 9 heteroatoms. The number of carbonyl (C=O) groups excluding carboxylic acids is 1. The number of carbonyl (C=O) groups is 1. The van der Waals surface area contributed by atoms with Gasteiger partial charge in [0, 0.05) is 67.3 Å². The van der Waals surface area contributed by atoms with Crippen molar-refractivity contribution in [2.45, 2.75) is 25.0 Å². The van der Waals surface area contributed by atoms with Crippen LogP contribution < -0.4 is 21.1 Å². The second-order valence-corrected chi connectivity index (χ2v) is 8.88. The lowest BCUT2D eigenvalue weighted by Gasteiger charge is -2.29. The van der Waals surface area contributed by atoms with Crippen molar-refractivity contribution in [3.63, 3.8) is 0 Å². The maximum Gasteiger partial charge on any atom is 0.250 e. The normalized spacial score (nSPS) is 17.1. The summed E-state index contributed by atoms with van der Waals surface area (Å²) in [5, 5.41) is 14.8. The van der Waals surface area contributed by atoms with Crippen molar-refractivity contribution < 1.29 is 4.79 Å². The van der Waals surface area contributed by atoms with E-state index in [4.69, 9.17) is 5.41 Å². The van der Waals surface area contributed by atoms with E-state index in [1.807, 2.05) is 53.4 Å². The monoisotopic (exact) mass is 493 g/mol. The van der Waals surface area contributed by atoms with Crippen molar-refractivity contribution >= 4 is 29.2 Å². The molecule has 1 saturated heterocycles. The molecule has 3 N–H and O–H groups in total. The molecule has 3 heterocycles. The van der Waals surface area contributed by atoms with E-state index in [-0.39, 0.29) is 23.6 Å². The van der Waals surface area contributed by atoms with Gasteiger partial charge in [-0.2, -0.15) is 0 Å². The molecule has 37 heavy (non-hydrogen) atoms. The lowest BCUT2D eigenvalue weighted by atomic mass is 9.99. The highest BCUT2D eigenvalue weighted by Gasteiger charge is 2.41. The summed E-state index contributed by atoms with van der Waals surface area (Å²) in [7, 11) is 1.69. The molecule has 0 saturated carbocycles. The first-order valence-corrected chi connectivity index (χ1v) is 12.0. The lowest BCUT2D eigenvalue weighted by Crippen LogP contribution is -2.36. The van der Waals surface area contributed by atoms with Gasteiger partial charge in [-0.1, -0.05) is 30.3 Å². The predicted molar refractivity (Wildman–Crippen MR) is 143 cm³/mol. The Morgan fingerprint density at radius 1 is 1.03 bits per heavy atom. The van der Waals surface area contributed by atoms with E-state index < -0.39 is 0 Å². The molecule has 1 unspecified atom stereocenters. The highest BCUT2D eigenvalue weighted by molar-refractivity contribution is 5.99. The van der Waals surface area contributed by atoms with Gasteiger partial charge in [-0.25, -0.2) is 9.97 Å². The highest BCUT2D eigenvalue weighted by atomic mass is 16.2. The number of hydrogen-bond donors (Lipinski definition) is 3. The summed E-state index contributed by atoms with van der Waals surface area (Å²) >= 11 is 0. The number of anilines is 3. The minimum Gasteiger partial charge on any atom is -0.354 e. The second kappa shape index (κ2) is 10.5. The van der Waals surface area contributed by atoms with E-state index in [9.17, 15) is 9.59 Å². The van der Waals surface area contributed by atoms with Crippen LogP contribution >= 0.6 is 0 Å². The van der Waals surface area contributed by atoms with Gasteiger partial charge >= 0.3 is 0 Å². The Kier molecular flexibility index (Phi) is 6.87.